The van der Waals surface area contributed by atoms with Crippen LogP contribution in [0.3, 0.4) is 0 Å². The number of aryl methyl sites for hydroxylation is 1. The number of hydrogen-bond donors (Lipinski definition) is 0. The van der Waals surface area contributed by atoms with Gasteiger partial charge in [0.15, 0.2) is 0 Å². The number of benzene rings is 3. The summed E-state index contributed by atoms with van der Waals surface area (Å²) in [6, 6.07) is 30.8. The summed E-state index contributed by atoms with van der Waals surface area (Å²) in [5, 5.41) is 2.65. The molecule has 1 aliphatic heterocycles. The molecule has 3 aromatic carbocycles. The van der Waals surface area contributed by atoms with Crippen LogP contribution in [0.4, 0.5) is 0 Å². The standard InChI is InChI=1S/C30H38O2Si/c1-30(2,3)33(28-15-6-4-7-16-28,29-17-8-5-9-18-29)32-24-26-21-19-25(20-22-26)12-10-13-27-14-11-23-31-27/h4-9,15-22,27H,10-14,23-24H2,1-3H3. The molecule has 1 fully saturated rings. The van der Waals surface area contributed by atoms with E-state index >= 15 is 0 Å². The van der Waals surface area contributed by atoms with Crippen molar-refractivity contribution in [2.45, 2.75) is 70.6 Å². The lowest BCUT2D eigenvalue weighted by Crippen LogP contribution is -2.66. The fourth-order valence-corrected chi connectivity index (χ4v) is 9.70. The zero-order chi connectivity index (χ0) is 23.2. The molecule has 0 spiro atoms. The second-order valence-corrected chi connectivity index (χ2v) is 14.6. The fraction of sp³-hybridized carbons (Fsp3) is 0.400. The van der Waals surface area contributed by atoms with Gasteiger partial charge in [0.25, 0.3) is 8.32 Å². The number of ether oxygens (including phenoxy) is 1. The summed E-state index contributed by atoms with van der Waals surface area (Å²) >= 11 is 0. The van der Waals surface area contributed by atoms with Crippen LogP contribution in [0.25, 0.3) is 0 Å². The van der Waals surface area contributed by atoms with Crippen LogP contribution in [-0.2, 0) is 22.2 Å². The molecule has 3 heteroatoms. The Bertz CT molecular complexity index is 932. The lowest BCUT2D eigenvalue weighted by Gasteiger charge is -2.43. The zero-order valence-electron chi connectivity index (χ0n) is 20.4. The normalized spacial score (nSPS) is 16.8. The van der Waals surface area contributed by atoms with Crippen molar-refractivity contribution in [3.8, 4) is 0 Å². The van der Waals surface area contributed by atoms with E-state index in [9.17, 15) is 0 Å². The summed E-state index contributed by atoms with van der Waals surface area (Å²) < 4.78 is 12.8. The van der Waals surface area contributed by atoms with Crippen LogP contribution in [0, 0.1) is 0 Å². The smallest absolute Gasteiger partial charge is 0.261 e. The maximum atomic E-state index is 7.06. The molecule has 0 radical (unpaired) electrons. The van der Waals surface area contributed by atoms with E-state index < -0.39 is 8.32 Å². The molecular weight excluding hydrogens is 420 g/mol. The monoisotopic (exact) mass is 458 g/mol. The second-order valence-electron chi connectivity index (χ2n) is 10.3. The van der Waals surface area contributed by atoms with Gasteiger partial charge in [-0.25, -0.2) is 0 Å². The molecule has 1 aliphatic rings. The third kappa shape index (κ3) is 5.66. The zero-order valence-corrected chi connectivity index (χ0v) is 21.4. The van der Waals surface area contributed by atoms with E-state index in [1.807, 2.05) is 0 Å². The highest BCUT2D eigenvalue weighted by molar-refractivity contribution is 6.99. The van der Waals surface area contributed by atoms with Crippen LogP contribution in [0.1, 0.15) is 57.6 Å². The van der Waals surface area contributed by atoms with Crippen molar-refractivity contribution in [2.24, 2.45) is 0 Å². The lowest BCUT2D eigenvalue weighted by molar-refractivity contribution is 0.102. The van der Waals surface area contributed by atoms with Crippen molar-refractivity contribution in [3.63, 3.8) is 0 Å². The Morgan fingerprint density at radius 1 is 0.818 bits per heavy atom. The summed E-state index contributed by atoms with van der Waals surface area (Å²) in [4.78, 5) is 0. The van der Waals surface area contributed by atoms with Gasteiger partial charge in [-0.3, -0.25) is 0 Å². The van der Waals surface area contributed by atoms with E-state index in [4.69, 9.17) is 9.16 Å². The lowest BCUT2D eigenvalue weighted by atomic mass is 10.0. The van der Waals surface area contributed by atoms with Gasteiger partial charge in [0, 0.05) is 6.61 Å². The van der Waals surface area contributed by atoms with Crippen molar-refractivity contribution < 1.29 is 9.16 Å². The van der Waals surface area contributed by atoms with E-state index in [2.05, 4.69) is 106 Å². The average Bonchev–Trinajstić information content (AvgIpc) is 3.35. The first kappa shape index (κ1) is 23.9. The predicted octanol–water partition coefficient (Wildman–Crippen LogP) is 6.26. The Balaban J connectivity index is 1.50. The van der Waals surface area contributed by atoms with Gasteiger partial charge in [0.2, 0.25) is 0 Å². The average molecular weight is 459 g/mol. The maximum Gasteiger partial charge on any atom is 0.261 e. The van der Waals surface area contributed by atoms with Crippen LogP contribution in [0.5, 0.6) is 0 Å². The second kappa shape index (κ2) is 10.8. The van der Waals surface area contributed by atoms with Crippen LogP contribution in [0.15, 0.2) is 84.9 Å². The first-order valence-corrected chi connectivity index (χ1v) is 14.3. The van der Waals surface area contributed by atoms with Crippen molar-refractivity contribution in [3.05, 3.63) is 96.1 Å². The molecule has 0 saturated carbocycles. The van der Waals surface area contributed by atoms with Gasteiger partial charge in [-0.2, -0.15) is 0 Å². The van der Waals surface area contributed by atoms with E-state index in [0.29, 0.717) is 12.7 Å². The minimum Gasteiger partial charge on any atom is -0.403 e. The third-order valence-corrected chi connectivity index (χ3v) is 11.9. The van der Waals surface area contributed by atoms with Crippen LogP contribution in [0.2, 0.25) is 5.04 Å². The molecule has 1 unspecified atom stereocenters. The Morgan fingerprint density at radius 3 is 1.91 bits per heavy atom. The van der Waals surface area contributed by atoms with E-state index in [0.717, 1.165) is 13.0 Å². The van der Waals surface area contributed by atoms with E-state index in [1.165, 1.54) is 47.2 Å². The topological polar surface area (TPSA) is 18.5 Å². The quantitative estimate of drug-likeness (QED) is 0.352. The molecule has 1 heterocycles. The third-order valence-electron chi connectivity index (χ3n) is 6.91. The molecule has 0 N–H and O–H groups in total. The molecule has 174 valence electrons. The molecule has 3 aromatic rings. The van der Waals surface area contributed by atoms with Crippen LogP contribution >= 0.6 is 0 Å². The summed E-state index contributed by atoms with van der Waals surface area (Å²) in [6.45, 7) is 8.57. The molecule has 4 rings (SSSR count). The molecule has 2 nitrogen and oxygen atoms in total. The van der Waals surface area contributed by atoms with Gasteiger partial charge in [0.1, 0.15) is 0 Å². The number of hydrogen-bond acceptors (Lipinski definition) is 2. The van der Waals surface area contributed by atoms with Gasteiger partial charge < -0.3 is 9.16 Å². The van der Waals surface area contributed by atoms with Crippen LogP contribution < -0.4 is 10.4 Å². The van der Waals surface area contributed by atoms with Crippen molar-refractivity contribution in [1.82, 2.24) is 0 Å². The van der Waals surface area contributed by atoms with E-state index in [1.54, 1.807) is 0 Å². The van der Waals surface area contributed by atoms with Gasteiger partial charge in [-0.1, -0.05) is 106 Å². The van der Waals surface area contributed by atoms with Crippen molar-refractivity contribution in [1.29, 1.82) is 0 Å². The molecule has 0 aromatic heterocycles. The maximum absolute atomic E-state index is 7.06. The predicted molar refractivity (Wildman–Crippen MR) is 141 cm³/mol. The molecule has 0 bridgehead atoms. The van der Waals surface area contributed by atoms with Gasteiger partial charge in [-0.15, -0.1) is 0 Å². The summed E-state index contributed by atoms with van der Waals surface area (Å²) in [5.41, 5.74) is 2.65. The van der Waals surface area contributed by atoms with Crippen molar-refractivity contribution in [2.75, 3.05) is 6.61 Å². The Morgan fingerprint density at radius 2 is 1.39 bits per heavy atom. The molecule has 33 heavy (non-hydrogen) atoms. The summed E-state index contributed by atoms with van der Waals surface area (Å²) in [6.07, 6.45) is 6.45. The highest BCUT2D eigenvalue weighted by Gasteiger charge is 2.50. The van der Waals surface area contributed by atoms with E-state index in [-0.39, 0.29) is 5.04 Å². The first-order chi connectivity index (χ1) is 16.0. The number of rotatable bonds is 9. The highest BCUT2D eigenvalue weighted by atomic mass is 28.4. The largest absolute Gasteiger partial charge is 0.403 e. The van der Waals surface area contributed by atoms with Gasteiger partial charge >= 0.3 is 0 Å². The highest BCUT2D eigenvalue weighted by Crippen LogP contribution is 2.37. The fourth-order valence-electron chi connectivity index (χ4n) is 5.16. The summed E-state index contributed by atoms with van der Waals surface area (Å²) in [5.74, 6) is 0. The first-order valence-electron chi connectivity index (χ1n) is 12.4. The van der Waals surface area contributed by atoms with Crippen LogP contribution in [-0.4, -0.2) is 21.0 Å². The van der Waals surface area contributed by atoms with Gasteiger partial charge in [-0.05, 0) is 58.6 Å². The van der Waals surface area contributed by atoms with Crippen molar-refractivity contribution >= 4 is 18.7 Å². The Labute approximate surface area is 201 Å². The molecule has 0 aliphatic carbocycles. The minimum absolute atomic E-state index is 0.00203. The molecule has 1 atom stereocenters. The molecule has 1 saturated heterocycles. The van der Waals surface area contributed by atoms with Gasteiger partial charge in [0.05, 0.1) is 12.7 Å². The molecule has 0 amide bonds. The minimum atomic E-state index is -2.50. The molecular formula is C30H38O2Si. The Hall–Kier alpha value is -2.20. The Kier molecular flexibility index (Phi) is 7.85. The summed E-state index contributed by atoms with van der Waals surface area (Å²) in [7, 11) is -2.50. The SMILES string of the molecule is CC(C)(C)[Si](OCc1ccc(CCCC2CCCO2)cc1)(c1ccccc1)c1ccccc1.